The number of aromatic amines is 1. The summed E-state index contributed by atoms with van der Waals surface area (Å²) in [5.41, 5.74) is 0.964. The number of H-pyrrole nitrogens is 1. The predicted octanol–water partition coefficient (Wildman–Crippen LogP) is 1.13. The van der Waals surface area contributed by atoms with Crippen LogP contribution in [0.4, 0.5) is 5.69 Å². The van der Waals surface area contributed by atoms with Gasteiger partial charge in [0.2, 0.25) is 0 Å². The Labute approximate surface area is 99.6 Å². The van der Waals surface area contributed by atoms with Crippen LogP contribution in [-0.4, -0.2) is 31.6 Å². The van der Waals surface area contributed by atoms with Crippen LogP contribution in [0.5, 0.6) is 0 Å². The zero-order valence-electron chi connectivity index (χ0n) is 8.72. The number of carboxylic acids is 1. The molecule has 0 atom stereocenters. The zero-order chi connectivity index (χ0) is 12.4. The van der Waals surface area contributed by atoms with E-state index in [9.17, 15) is 9.59 Å². The minimum Gasteiger partial charge on any atom is -0.477 e. The van der Waals surface area contributed by atoms with Gasteiger partial charge >= 0.3 is 5.97 Å². The molecule has 0 saturated carbocycles. The van der Waals surface area contributed by atoms with E-state index in [0.29, 0.717) is 5.69 Å². The quantitative estimate of drug-likeness (QED) is 0.758. The molecule has 2 heterocycles. The first-order chi connectivity index (χ1) is 8.08. The van der Waals surface area contributed by atoms with Crippen molar-refractivity contribution in [3.8, 4) is 0 Å². The van der Waals surface area contributed by atoms with Crippen LogP contribution in [0.1, 0.15) is 26.7 Å². The normalized spacial score (nSPS) is 10.2. The van der Waals surface area contributed by atoms with E-state index >= 15 is 0 Å². The number of nitrogens with zero attached hydrogens (tertiary/aromatic N) is 2. The number of anilines is 1. The second-order valence-corrected chi connectivity index (χ2v) is 3.90. The Morgan fingerprint density at radius 3 is 2.88 bits per heavy atom. The summed E-state index contributed by atoms with van der Waals surface area (Å²) in [5.74, 6) is -1.62. The van der Waals surface area contributed by atoms with E-state index in [1.807, 2.05) is 0 Å². The third-order valence-electron chi connectivity index (χ3n) is 2.01. The lowest BCUT2D eigenvalue weighted by atomic mass is 10.3. The molecule has 0 aliphatic rings. The maximum Gasteiger partial charge on any atom is 0.354 e. The highest BCUT2D eigenvalue weighted by Crippen LogP contribution is 2.17. The molecule has 8 heteroatoms. The predicted molar refractivity (Wildman–Crippen MR) is 60.4 cm³/mol. The molecule has 0 unspecified atom stereocenters. The van der Waals surface area contributed by atoms with Gasteiger partial charge in [0.1, 0.15) is 5.69 Å². The van der Waals surface area contributed by atoms with Crippen molar-refractivity contribution < 1.29 is 14.7 Å². The van der Waals surface area contributed by atoms with Crippen molar-refractivity contribution >= 4 is 29.1 Å². The number of carbonyl (C=O) groups is 2. The largest absolute Gasteiger partial charge is 0.477 e. The number of aromatic nitrogens is 3. The van der Waals surface area contributed by atoms with E-state index in [2.05, 4.69) is 19.9 Å². The lowest BCUT2D eigenvalue weighted by molar-refractivity contribution is 0.0692. The summed E-state index contributed by atoms with van der Waals surface area (Å²) in [6.45, 7) is 1.70. The number of hydrogen-bond donors (Lipinski definition) is 3. The van der Waals surface area contributed by atoms with Gasteiger partial charge in [0.05, 0.1) is 5.69 Å². The summed E-state index contributed by atoms with van der Waals surface area (Å²) in [6, 6.07) is 1.54. The Morgan fingerprint density at radius 2 is 2.29 bits per heavy atom. The van der Waals surface area contributed by atoms with Gasteiger partial charge in [-0.15, -0.1) is 5.10 Å². The number of hydrogen-bond acceptors (Lipinski definition) is 5. The molecular weight excluding hydrogens is 244 g/mol. The van der Waals surface area contributed by atoms with Crippen molar-refractivity contribution in [1.29, 1.82) is 0 Å². The molecule has 0 fully saturated rings. The maximum atomic E-state index is 11.6. The summed E-state index contributed by atoms with van der Waals surface area (Å²) in [5, 5.41) is 16.5. The Morgan fingerprint density at radius 1 is 1.53 bits per heavy atom. The average Bonchev–Trinajstić information content (AvgIpc) is 2.86. The lowest BCUT2D eigenvalue weighted by Gasteiger charge is -2.00. The number of carbonyl (C=O) groups excluding carboxylic acids is 1. The summed E-state index contributed by atoms with van der Waals surface area (Å²) < 4.78 is 3.55. The number of nitrogens with one attached hydrogen (secondary N) is 2. The summed E-state index contributed by atoms with van der Waals surface area (Å²) in [6.07, 6.45) is 0. The van der Waals surface area contributed by atoms with E-state index in [1.54, 1.807) is 13.0 Å². The van der Waals surface area contributed by atoms with Gasteiger partial charge in [0.15, 0.2) is 5.69 Å². The van der Waals surface area contributed by atoms with Crippen molar-refractivity contribution in [1.82, 2.24) is 14.6 Å². The Balaban J connectivity index is 2.24. The summed E-state index contributed by atoms with van der Waals surface area (Å²) in [7, 11) is 0. The Bertz CT molecular complexity index is 561. The van der Waals surface area contributed by atoms with E-state index in [0.717, 1.165) is 11.5 Å². The molecule has 0 radical (unpaired) electrons. The first-order valence-electron chi connectivity index (χ1n) is 4.59. The molecule has 0 aliphatic heterocycles. The van der Waals surface area contributed by atoms with E-state index < -0.39 is 11.9 Å². The third-order valence-corrected chi connectivity index (χ3v) is 2.51. The minimum absolute atomic E-state index is 0.0564. The van der Waals surface area contributed by atoms with E-state index in [1.165, 1.54) is 5.38 Å². The van der Waals surface area contributed by atoms with Gasteiger partial charge in [-0.1, -0.05) is 4.49 Å². The fraction of sp³-hybridized carbons (Fsp3) is 0.111. The van der Waals surface area contributed by atoms with Crippen LogP contribution < -0.4 is 5.32 Å². The summed E-state index contributed by atoms with van der Waals surface area (Å²) >= 11 is 1.05. The fourth-order valence-electron chi connectivity index (χ4n) is 1.31. The number of aromatic carboxylic acids is 1. The van der Waals surface area contributed by atoms with Crippen LogP contribution in [0.3, 0.4) is 0 Å². The van der Waals surface area contributed by atoms with Crippen LogP contribution in [-0.2, 0) is 0 Å². The second kappa shape index (κ2) is 4.34. The van der Waals surface area contributed by atoms with E-state index in [4.69, 9.17) is 5.11 Å². The molecule has 3 N–H and O–H groups in total. The van der Waals surface area contributed by atoms with Gasteiger partial charge in [-0.3, -0.25) is 4.79 Å². The molecule has 0 spiro atoms. The highest BCUT2D eigenvalue weighted by molar-refractivity contribution is 7.03. The summed E-state index contributed by atoms with van der Waals surface area (Å²) in [4.78, 5) is 25.2. The van der Waals surface area contributed by atoms with Gasteiger partial charge in [-0.2, -0.15) is 0 Å². The maximum absolute atomic E-state index is 11.6. The molecule has 0 saturated heterocycles. The monoisotopic (exact) mass is 252 g/mol. The van der Waals surface area contributed by atoms with Gasteiger partial charge in [0.25, 0.3) is 5.91 Å². The van der Waals surface area contributed by atoms with Gasteiger partial charge in [-0.25, -0.2) is 4.79 Å². The van der Waals surface area contributed by atoms with Crippen LogP contribution in [0.25, 0.3) is 0 Å². The van der Waals surface area contributed by atoms with Crippen molar-refractivity contribution in [3.05, 3.63) is 28.5 Å². The average molecular weight is 252 g/mol. The highest BCUT2D eigenvalue weighted by Gasteiger charge is 2.17. The first-order valence-corrected chi connectivity index (χ1v) is 5.43. The van der Waals surface area contributed by atoms with Crippen LogP contribution in [0, 0.1) is 6.92 Å². The van der Waals surface area contributed by atoms with Gasteiger partial charge in [0, 0.05) is 11.1 Å². The molecule has 2 aromatic heterocycles. The van der Waals surface area contributed by atoms with Crippen molar-refractivity contribution in [2.45, 2.75) is 6.92 Å². The first kappa shape index (κ1) is 11.3. The molecule has 0 bridgehead atoms. The Kier molecular flexibility index (Phi) is 2.88. The number of rotatable bonds is 3. The molecule has 0 aliphatic carbocycles. The molecule has 7 nitrogen and oxygen atoms in total. The van der Waals surface area contributed by atoms with Crippen molar-refractivity contribution in [3.63, 3.8) is 0 Å². The molecule has 0 aromatic carbocycles. The van der Waals surface area contributed by atoms with Crippen LogP contribution in [0.15, 0.2) is 11.4 Å². The molecule has 2 rings (SSSR count). The van der Waals surface area contributed by atoms with E-state index in [-0.39, 0.29) is 17.1 Å². The van der Waals surface area contributed by atoms with Gasteiger partial charge < -0.3 is 15.4 Å². The Hall–Kier alpha value is -2.22. The van der Waals surface area contributed by atoms with Crippen molar-refractivity contribution in [2.75, 3.05) is 5.32 Å². The SMILES string of the molecule is Cc1cc(NC(=O)c2csnn2)c(C(=O)O)[nH]1. The molecule has 88 valence electrons. The molecule has 17 heavy (non-hydrogen) atoms. The number of aryl methyl sites for hydroxylation is 1. The zero-order valence-corrected chi connectivity index (χ0v) is 9.54. The molecule has 2 aromatic rings. The molecular formula is C9H8N4O3S. The second-order valence-electron chi connectivity index (χ2n) is 3.29. The van der Waals surface area contributed by atoms with Gasteiger partial charge in [-0.05, 0) is 24.5 Å². The third kappa shape index (κ3) is 2.31. The highest BCUT2D eigenvalue weighted by atomic mass is 32.1. The lowest BCUT2D eigenvalue weighted by Crippen LogP contribution is -2.14. The minimum atomic E-state index is -1.13. The molecule has 1 amide bonds. The topological polar surface area (TPSA) is 108 Å². The van der Waals surface area contributed by atoms with Crippen LogP contribution in [0.2, 0.25) is 0 Å². The van der Waals surface area contributed by atoms with Crippen molar-refractivity contribution in [2.24, 2.45) is 0 Å². The fourth-order valence-corrected chi connectivity index (χ4v) is 1.74. The smallest absolute Gasteiger partial charge is 0.354 e. The number of carboxylic acid groups (broad SMARTS) is 1. The number of amides is 1. The standard InChI is InChI=1S/C9H8N4O3S/c1-4-2-5(7(10-4)9(15)16)11-8(14)6-3-17-13-12-6/h2-3,10H,1H3,(H,11,14)(H,15,16). The van der Waals surface area contributed by atoms with Crippen LogP contribution >= 0.6 is 11.5 Å².